The number of amides is 4. The van der Waals surface area contributed by atoms with Crippen LogP contribution in [0.1, 0.15) is 125 Å². The molecule has 0 radical (unpaired) electrons. The highest BCUT2D eigenvalue weighted by atomic mass is 127. The summed E-state index contributed by atoms with van der Waals surface area (Å²) in [7, 11) is -0.556. The van der Waals surface area contributed by atoms with E-state index in [0.717, 1.165) is 126 Å². The number of ether oxygens (including phenoxy) is 6. The summed E-state index contributed by atoms with van der Waals surface area (Å²) in [5, 5.41) is 12.3. The van der Waals surface area contributed by atoms with Gasteiger partial charge in [-0.2, -0.15) is 44.2 Å². The van der Waals surface area contributed by atoms with Gasteiger partial charge in [-0.15, -0.1) is 0 Å². The average Bonchev–Trinajstić information content (AvgIpc) is 1.63. The number of aromatic nitrogens is 3. The Labute approximate surface area is 661 Å². The molecule has 602 valence electrons. The second-order valence-corrected chi connectivity index (χ2v) is 29.1. The van der Waals surface area contributed by atoms with Crippen LogP contribution in [-0.4, -0.2) is 191 Å². The third kappa shape index (κ3) is 36.9. The number of alkyl halides is 6. The van der Waals surface area contributed by atoms with Crippen molar-refractivity contribution in [2.45, 2.75) is 170 Å². The third-order valence-electron chi connectivity index (χ3n) is 17.2. The Hall–Kier alpha value is -5.55. The molecule has 0 unspecified atom stereocenters. The van der Waals surface area contributed by atoms with E-state index in [9.17, 15) is 40.3 Å². The van der Waals surface area contributed by atoms with E-state index in [1.165, 1.54) is 15.9 Å². The normalized spacial score (nSPS) is 19.5. The summed E-state index contributed by atoms with van der Waals surface area (Å²) >= 11 is 4.20. The molecule has 6 saturated heterocycles. The fraction of sp³-hybridized carbons (Fsp3) is 0.603. The predicted molar refractivity (Wildman–Crippen MR) is 433 cm³/mol. The van der Waals surface area contributed by atoms with Crippen LogP contribution in [0, 0.1) is 38.8 Å². The van der Waals surface area contributed by atoms with Crippen LogP contribution in [0.15, 0.2) is 72.8 Å². The van der Waals surface area contributed by atoms with Gasteiger partial charge in [-0.3, -0.25) is 0 Å². The number of anilines is 7. The molecule has 12 N–H and O–H groups in total. The number of aryl methyl sites for hydroxylation is 2. The van der Waals surface area contributed by atoms with Gasteiger partial charge < -0.3 is 91.7 Å². The third-order valence-corrected chi connectivity index (χ3v) is 18.5. The van der Waals surface area contributed by atoms with Crippen LogP contribution in [0.2, 0.25) is 0 Å². The summed E-state index contributed by atoms with van der Waals surface area (Å²) in [6, 6.07) is 21.5. The molecule has 23 nitrogen and oxygen atoms in total. The molecule has 2 aromatic carbocycles. The molecular weight excluding hydrogens is 1650 g/mol. The maximum Gasteiger partial charge on any atom is 0.495 e. The van der Waals surface area contributed by atoms with Gasteiger partial charge in [-0.05, 0) is 249 Å². The largest absolute Gasteiger partial charge is 0.495 e. The summed E-state index contributed by atoms with van der Waals surface area (Å²) < 4.78 is 132. The number of nitrogen functional groups attached to an aromatic ring is 3. The lowest BCUT2D eigenvalue weighted by Gasteiger charge is -2.32. The van der Waals surface area contributed by atoms with Crippen LogP contribution < -0.4 is 49.7 Å². The number of hydrogen-bond donors (Lipinski definition) is 8. The molecule has 0 saturated carbocycles. The van der Waals surface area contributed by atoms with Gasteiger partial charge >= 0.3 is 31.5 Å². The van der Waals surface area contributed by atoms with Crippen molar-refractivity contribution in [1.29, 1.82) is 0 Å². The Bertz CT molecular complexity index is 3320. The molecule has 6 aliphatic heterocycles. The zero-order chi connectivity index (χ0) is 78.8. The van der Waals surface area contributed by atoms with Crippen LogP contribution in [0.25, 0.3) is 11.1 Å². The maximum atomic E-state index is 12.7. The number of nitrogens with zero attached hydrogens (tertiary/aromatic N) is 5. The number of nitrogens with one attached hydrogen (secondary N) is 4. The van der Waals surface area contributed by atoms with Crippen molar-refractivity contribution in [3.63, 3.8) is 0 Å². The van der Waals surface area contributed by atoms with E-state index in [1.807, 2.05) is 142 Å². The summed E-state index contributed by atoms with van der Waals surface area (Å²) in [6.07, 6.45) is -6.45. The lowest BCUT2D eigenvalue weighted by molar-refractivity contribution is -0.144. The van der Waals surface area contributed by atoms with Crippen molar-refractivity contribution in [1.82, 2.24) is 24.8 Å². The number of hydrogen-bond acceptors (Lipinski definition) is 19. The fourth-order valence-electron chi connectivity index (χ4n) is 11.1. The number of urea groups is 2. The van der Waals surface area contributed by atoms with Gasteiger partial charge in [0.2, 0.25) is 5.95 Å². The van der Waals surface area contributed by atoms with Crippen LogP contribution in [-0.2, 0) is 37.7 Å². The quantitative estimate of drug-likeness (QED) is 0.0197. The van der Waals surface area contributed by atoms with Crippen molar-refractivity contribution in [3.8, 4) is 11.1 Å². The number of halogens is 9. The number of benzene rings is 2. The lowest BCUT2D eigenvalue weighted by atomic mass is 9.76. The van der Waals surface area contributed by atoms with Gasteiger partial charge in [-0.25, -0.2) is 24.5 Å². The van der Waals surface area contributed by atoms with E-state index in [0.29, 0.717) is 80.1 Å². The first kappa shape index (κ1) is 95.7. The molecule has 11 rings (SSSR count). The SMILES string of the molecule is CCOCC.CCOCC.CCOCC.Cc1ccc(NC(=O)N2CC[C@@H](CC(F)(F)F)C2)cc1-c1cc(N)nc(N[C@H]2CCOC2)c1.Cc1ccc(NC(=O)N2CC[C@@H](CC(F)(F)F)C2)cc1B1OC(C)(C)C(C)(C)O1.N[C@H]1CCOC1.Nc1cc(I)cc(F)n1.Nc1cc(I)cc(N[C@H]2CCOC2)n1.S. The highest BCUT2D eigenvalue weighted by molar-refractivity contribution is 14.1. The number of carbonyl (C=O) groups excluding carboxylic acids is 2. The summed E-state index contributed by atoms with van der Waals surface area (Å²) in [5.41, 5.74) is 27.0. The van der Waals surface area contributed by atoms with Crippen molar-refractivity contribution in [2.24, 2.45) is 17.6 Å². The molecule has 6 aliphatic rings. The minimum atomic E-state index is -4.21. The first-order valence-electron chi connectivity index (χ1n) is 35.9. The van der Waals surface area contributed by atoms with Crippen molar-refractivity contribution in [2.75, 3.05) is 144 Å². The molecule has 4 amide bonds. The summed E-state index contributed by atoms with van der Waals surface area (Å²) in [6.45, 7) is 34.2. The van der Waals surface area contributed by atoms with Crippen molar-refractivity contribution >= 4 is 124 Å². The molecule has 9 heterocycles. The van der Waals surface area contributed by atoms with E-state index in [2.05, 4.69) is 58.8 Å². The van der Waals surface area contributed by atoms with E-state index in [1.54, 1.807) is 30.3 Å². The monoisotopic (exact) mass is 1760 g/mol. The van der Waals surface area contributed by atoms with Crippen LogP contribution in [0.5, 0.6) is 0 Å². The first-order valence-corrected chi connectivity index (χ1v) is 38.0. The predicted octanol–water partition coefficient (Wildman–Crippen LogP) is 14.6. The van der Waals surface area contributed by atoms with Gasteiger partial charge in [-0.1, -0.05) is 17.7 Å². The topological polar surface area (TPSA) is 305 Å². The first-order chi connectivity index (χ1) is 50.0. The van der Waals surface area contributed by atoms with Crippen molar-refractivity contribution < 1.29 is 78.1 Å². The van der Waals surface area contributed by atoms with E-state index in [-0.39, 0.29) is 38.4 Å². The Morgan fingerprint density at radius 1 is 0.570 bits per heavy atom. The van der Waals surface area contributed by atoms with Gasteiger partial charge in [0.15, 0.2) is 0 Å². The number of likely N-dealkylation sites (tertiary alicyclic amines) is 2. The van der Waals surface area contributed by atoms with Gasteiger partial charge in [0, 0.05) is 129 Å². The fourth-order valence-corrected chi connectivity index (χ4v) is 12.3. The highest BCUT2D eigenvalue weighted by Gasteiger charge is 2.52. The minimum Gasteiger partial charge on any atom is -0.399 e. The molecule has 34 heteroatoms. The average molecular weight is 1760 g/mol. The van der Waals surface area contributed by atoms with Gasteiger partial charge in [0.25, 0.3) is 0 Å². The number of nitrogens with two attached hydrogens (primary N) is 4. The van der Waals surface area contributed by atoms with E-state index < -0.39 is 73.4 Å². The summed E-state index contributed by atoms with van der Waals surface area (Å²) in [4.78, 5) is 39.9. The molecule has 3 aromatic heterocycles. The second-order valence-electron chi connectivity index (χ2n) is 26.6. The minimum absolute atomic E-state index is 0. The van der Waals surface area contributed by atoms with Gasteiger partial charge in [0.05, 0.1) is 43.1 Å². The second kappa shape index (κ2) is 48.3. The summed E-state index contributed by atoms with van der Waals surface area (Å²) in [5.74, 6) is 1.01. The zero-order valence-corrected chi connectivity index (χ0v) is 69.0. The van der Waals surface area contributed by atoms with Gasteiger partial charge in [0.1, 0.15) is 29.1 Å². The van der Waals surface area contributed by atoms with Crippen molar-refractivity contribution in [3.05, 3.63) is 97.0 Å². The molecule has 6 fully saturated rings. The molecular formula is C73H113BF7I2N13O10S. The smallest absolute Gasteiger partial charge is 0.399 e. The Kier molecular flexibility index (Phi) is 43.2. The van der Waals surface area contributed by atoms with Crippen LogP contribution in [0.4, 0.5) is 80.8 Å². The number of carbonyl (C=O) groups is 2. The number of rotatable bonds is 16. The molecule has 107 heavy (non-hydrogen) atoms. The van der Waals surface area contributed by atoms with E-state index in [4.69, 9.17) is 60.7 Å². The lowest BCUT2D eigenvalue weighted by Crippen LogP contribution is -2.41. The Morgan fingerprint density at radius 2 is 0.981 bits per heavy atom. The van der Waals surface area contributed by atoms with E-state index >= 15 is 0 Å². The molecule has 0 aliphatic carbocycles. The Morgan fingerprint density at radius 3 is 1.36 bits per heavy atom. The highest BCUT2D eigenvalue weighted by Crippen LogP contribution is 2.38. The number of pyridine rings is 3. The molecule has 0 bridgehead atoms. The molecule has 5 aromatic rings. The molecule has 0 spiro atoms. The standard InChI is InChI=1S/C23H28F3N5O2.C20H28BF3N2O3.C9H12IN3O.C5H4FIN2.C4H9NO.3C4H10O.H2S/c1-14-2-3-17(29-22(32)31-6-4-15(12-31)11-23(24,25)26)10-19(14)16-8-20(27)30-21(9-16)28-18-5-7-33-13-18;1-13-6-7-15(10-16(13)21-28-18(2,3)19(4,5)29-21)25-17(27)26-9-8-14(12-26)11-20(22,23)24;10-6-3-8(11)13-9(4-6)12-7-1-2-14-5-7;6-4-1-3(7)2-5(8)9-4;5-4-1-2-6-3-4;3*1-3-5-4-2;/h2-3,8-10,15,18H,4-7,11-13H2,1H3,(H,29,32)(H3,27,28,30);6-7,10,14H,8-9,11-12H2,1-5H3,(H,25,27);3-4,7H,1-2,5H2,(H3,11,12,13);1-2H,(H2,8,9);4H,1-3,5H2;3*3-4H2,1-2H3;1H2/t15-,18-;14-;7-;;4-;;;;/m000.0..../s1. The molecule has 5 atom stereocenters. The zero-order valence-electron chi connectivity index (χ0n) is 63.7. The maximum absolute atomic E-state index is 12.7. The Balaban J connectivity index is 0.000000358. The van der Waals surface area contributed by atoms with Crippen LogP contribution >= 0.6 is 58.7 Å². The van der Waals surface area contributed by atoms with Crippen LogP contribution in [0.3, 0.4) is 0 Å².